The lowest BCUT2D eigenvalue weighted by molar-refractivity contribution is -0.118. The molecule has 0 aliphatic carbocycles. The van der Waals surface area contributed by atoms with E-state index >= 15 is 0 Å². The predicted molar refractivity (Wildman–Crippen MR) is 65.6 cm³/mol. The van der Waals surface area contributed by atoms with Gasteiger partial charge in [0.1, 0.15) is 5.52 Å². The Kier molecular flexibility index (Phi) is 3.16. The van der Waals surface area contributed by atoms with E-state index in [1.54, 1.807) is 6.92 Å². The van der Waals surface area contributed by atoms with E-state index in [2.05, 4.69) is 4.98 Å². The number of benzene rings is 1. The van der Waals surface area contributed by atoms with Crippen LogP contribution in [0.3, 0.4) is 0 Å². The Morgan fingerprint density at radius 1 is 1.56 bits per heavy atom. The predicted octanol–water partition coefficient (Wildman–Crippen LogP) is 2.41. The van der Waals surface area contributed by atoms with Crippen molar-refractivity contribution < 1.29 is 13.6 Å². The van der Waals surface area contributed by atoms with Crippen molar-refractivity contribution in [2.24, 2.45) is 5.73 Å². The van der Waals surface area contributed by atoms with Crippen molar-refractivity contribution in [1.29, 1.82) is 0 Å². The number of halogens is 2. The smallest absolute Gasteiger partial charge is 0.219 e. The normalized spacial score (nSPS) is 12.8. The molecule has 96 valence electrons. The molecule has 1 aromatic carbocycles. The number of nitrogens with one attached hydrogen (secondary N) is 1. The summed E-state index contributed by atoms with van der Waals surface area (Å²) < 4.78 is 28.6. The number of H-pyrrole nitrogens is 1. The minimum absolute atomic E-state index is 0.00276. The highest BCUT2D eigenvalue weighted by molar-refractivity contribution is 7.71. The van der Waals surface area contributed by atoms with Crippen molar-refractivity contribution >= 4 is 29.2 Å². The summed E-state index contributed by atoms with van der Waals surface area (Å²) in [6.45, 7) is 1.66. The van der Waals surface area contributed by atoms with Crippen molar-refractivity contribution in [2.75, 3.05) is 0 Å². The highest BCUT2D eigenvalue weighted by Crippen LogP contribution is 2.25. The highest BCUT2D eigenvalue weighted by atomic mass is 32.1. The van der Waals surface area contributed by atoms with Gasteiger partial charge in [0, 0.05) is 12.5 Å². The van der Waals surface area contributed by atoms with Crippen molar-refractivity contribution in [3.63, 3.8) is 0 Å². The first-order valence-electron chi connectivity index (χ1n) is 5.28. The molecule has 1 amide bonds. The van der Waals surface area contributed by atoms with Gasteiger partial charge in [-0.1, -0.05) is 0 Å². The van der Waals surface area contributed by atoms with Gasteiger partial charge >= 0.3 is 0 Å². The first-order chi connectivity index (χ1) is 8.41. The van der Waals surface area contributed by atoms with Crippen molar-refractivity contribution in [3.05, 3.63) is 28.5 Å². The summed E-state index contributed by atoms with van der Waals surface area (Å²) >= 11 is 5.05. The molecule has 2 rings (SSSR count). The van der Waals surface area contributed by atoms with Gasteiger partial charge in [0.25, 0.3) is 0 Å². The summed E-state index contributed by atoms with van der Waals surface area (Å²) in [4.78, 5) is 13.7. The largest absolute Gasteiger partial charge is 0.370 e. The van der Waals surface area contributed by atoms with Gasteiger partial charge in [-0.05, 0) is 31.3 Å². The second-order valence-corrected chi connectivity index (χ2v) is 4.46. The fourth-order valence-corrected chi connectivity index (χ4v) is 2.34. The van der Waals surface area contributed by atoms with Crippen LogP contribution >= 0.6 is 12.2 Å². The van der Waals surface area contributed by atoms with Crippen LogP contribution < -0.4 is 5.73 Å². The summed E-state index contributed by atoms with van der Waals surface area (Å²) in [6, 6.07) is 1.98. The molecule has 0 saturated heterocycles. The molecular formula is C11H11F2N3OS. The van der Waals surface area contributed by atoms with E-state index in [4.69, 9.17) is 18.0 Å². The van der Waals surface area contributed by atoms with Crippen LogP contribution in [0.25, 0.3) is 11.0 Å². The topological polar surface area (TPSA) is 63.8 Å². The van der Waals surface area contributed by atoms with Gasteiger partial charge < -0.3 is 15.3 Å². The Hall–Kier alpha value is -1.76. The molecule has 1 atom stereocenters. The number of nitrogens with zero attached hydrogens (tertiary/aromatic N) is 1. The fraction of sp³-hybridized carbons (Fsp3) is 0.273. The molecule has 0 bridgehead atoms. The van der Waals surface area contributed by atoms with Gasteiger partial charge in [-0.2, -0.15) is 0 Å². The first kappa shape index (κ1) is 12.7. The van der Waals surface area contributed by atoms with E-state index in [1.165, 1.54) is 10.6 Å². The van der Waals surface area contributed by atoms with E-state index in [0.717, 1.165) is 6.07 Å². The molecule has 0 fully saturated rings. The average molecular weight is 271 g/mol. The van der Waals surface area contributed by atoms with Gasteiger partial charge in [0.05, 0.1) is 5.52 Å². The van der Waals surface area contributed by atoms with Gasteiger partial charge in [0.15, 0.2) is 16.4 Å². The van der Waals surface area contributed by atoms with Crippen LogP contribution in [0.1, 0.15) is 19.4 Å². The molecule has 2 aromatic rings. The molecular weight excluding hydrogens is 260 g/mol. The maximum atomic E-state index is 13.8. The number of imidazole rings is 1. The van der Waals surface area contributed by atoms with Gasteiger partial charge in [0.2, 0.25) is 5.91 Å². The maximum Gasteiger partial charge on any atom is 0.219 e. The number of amides is 1. The Morgan fingerprint density at radius 2 is 2.22 bits per heavy atom. The zero-order chi connectivity index (χ0) is 13.4. The molecule has 1 aromatic heterocycles. The lowest BCUT2D eigenvalue weighted by Crippen LogP contribution is -2.17. The molecule has 0 aliphatic rings. The third kappa shape index (κ3) is 2.01. The number of carbonyl (C=O) groups is 1. The molecule has 4 nitrogen and oxygen atoms in total. The number of hydrogen-bond donors (Lipinski definition) is 2. The molecule has 1 heterocycles. The van der Waals surface area contributed by atoms with Crippen LogP contribution in [0.2, 0.25) is 0 Å². The number of fused-ring (bicyclic) bond motifs is 1. The van der Waals surface area contributed by atoms with Crippen molar-refractivity contribution in [3.8, 4) is 0 Å². The molecule has 0 saturated carbocycles. The van der Waals surface area contributed by atoms with Crippen LogP contribution in [0.15, 0.2) is 12.1 Å². The molecule has 1 unspecified atom stereocenters. The molecule has 0 spiro atoms. The zero-order valence-electron chi connectivity index (χ0n) is 9.54. The number of aromatic nitrogens is 2. The third-order valence-electron chi connectivity index (χ3n) is 2.71. The Morgan fingerprint density at radius 3 is 2.83 bits per heavy atom. The van der Waals surface area contributed by atoms with E-state index in [-0.39, 0.29) is 16.7 Å². The summed E-state index contributed by atoms with van der Waals surface area (Å²) in [5.41, 5.74) is 5.50. The Labute approximate surface area is 106 Å². The summed E-state index contributed by atoms with van der Waals surface area (Å²) in [5, 5.41) is 0. The zero-order valence-corrected chi connectivity index (χ0v) is 10.4. The lowest BCUT2D eigenvalue weighted by atomic mass is 10.2. The minimum atomic E-state index is -0.990. The standard InChI is InChI=1S/C11H11F2N3OS/c1-5(4-8(14)17)16-10-7(15-11(16)18)3-2-6(12)9(10)13/h2-3,5H,4H2,1H3,(H2,14,17)(H,15,18). The van der Waals surface area contributed by atoms with Gasteiger partial charge in [-0.3, -0.25) is 4.79 Å². The monoisotopic (exact) mass is 271 g/mol. The summed E-state index contributed by atoms with van der Waals surface area (Å²) in [6.07, 6.45) is -0.00276. The molecule has 18 heavy (non-hydrogen) atoms. The van der Waals surface area contributed by atoms with Gasteiger partial charge in [-0.25, -0.2) is 8.78 Å². The summed E-state index contributed by atoms with van der Waals surface area (Å²) in [7, 11) is 0. The fourth-order valence-electron chi connectivity index (χ4n) is 1.96. The number of nitrogens with two attached hydrogens (primary N) is 1. The second kappa shape index (κ2) is 4.49. The van der Waals surface area contributed by atoms with Crippen LogP contribution in [-0.2, 0) is 4.79 Å². The van der Waals surface area contributed by atoms with Crippen molar-refractivity contribution in [2.45, 2.75) is 19.4 Å². The van der Waals surface area contributed by atoms with E-state index in [9.17, 15) is 13.6 Å². The average Bonchev–Trinajstić information content (AvgIpc) is 2.60. The maximum absolute atomic E-state index is 13.8. The van der Waals surface area contributed by atoms with E-state index in [0.29, 0.717) is 5.52 Å². The first-order valence-corrected chi connectivity index (χ1v) is 5.69. The SMILES string of the molecule is CC(CC(N)=O)n1c(=S)[nH]c2ccc(F)c(F)c21. The van der Waals surface area contributed by atoms with Crippen LogP contribution in [0, 0.1) is 16.4 Å². The Bertz CT molecular complexity index is 677. The number of primary amides is 1. The third-order valence-corrected chi connectivity index (χ3v) is 3.01. The number of hydrogen-bond acceptors (Lipinski definition) is 2. The quantitative estimate of drug-likeness (QED) is 0.842. The Balaban J connectivity index is 2.69. The molecule has 3 N–H and O–H groups in total. The van der Waals surface area contributed by atoms with E-state index < -0.39 is 23.6 Å². The van der Waals surface area contributed by atoms with Crippen LogP contribution in [0.5, 0.6) is 0 Å². The van der Waals surface area contributed by atoms with Crippen LogP contribution in [0.4, 0.5) is 8.78 Å². The number of rotatable bonds is 3. The number of aromatic amines is 1. The van der Waals surface area contributed by atoms with Gasteiger partial charge in [-0.15, -0.1) is 0 Å². The minimum Gasteiger partial charge on any atom is -0.370 e. The highest BCUT2D eigenvalue weighted by Gasteiger charge is 2.18. The van der Waals surface area contributed by atoms with Crippen molar-refractivity contribution in [1.82, 2.24) is 9.55 Å². The second-order valence-electron chi connectivity index (χ2n) is 4.08. The molecule has 7 heteroatoms. The number of carbonyl (C=O) groups excluding carboxylic acids is 1. The van der Waals surface area contributed by atoms with Crippen LogP contribution in [-0.4, -0.2) is 15.5 Å². The lowest BCUT2D eigenvalue weighted by Gasteiger charge is -2.12. The van der Waals surface area contributed by atoms with E-state index in [1.807, 2.05) is 0 Å². The molecule has 0 radical (unpaired) electrons. The molecule has 0 aliphatic heterocycles. The summed E-state index contributed by atoms with van der Waals surface area (Å²) in [5.74, 6) is -2.48.